The second-order valence-corrected chi connectivity index (χ2v) is 4.75. The van der Waals surface area contributed by atoms with E-state index >= 15 is 0 Å². The van der Waals surface area contributed by atoms with Gasteiger partial charge in [-0.25, -0.2) is 4.39 Å². The van der Waals surface area contributed by atoms with Gasteiger partial charge in [-0.3, -0.25) is 25.7 Å². The van der Waals surface area contributed by atoms with Gasteiger partial charge in [0.25, 0.3) is 5.69 Å². The predicted octanol–water partition coefficient (Wildman–Crippen LogP) is 3.87. The zero-order valence-electron chi connectivity index (χ0n) is 12.6. The normalized spacial score (nSPS) is 11.2. The average molecular weight is 332 g/mol. The molecule has 1 N–H and O–H groups in total. The number of halogens is 1. The minimum Gasteiger partial charge on any atom is -0.271 e. The van der Waals surface area contributed by atoms with Gasteiger partial charge in [0, 0.05) is 6.07 Å². The summed E-state index contributed by atoms with van der Waals surface area (Å²) in [4.78, 5) is 20.3. The van der Waals surface area contributed by atoms with Crippen LogP contribution >= 0.6 is 0 Å². The van der Waals surface area contributed by atoms with E-state index in [1.165, 1.54) is 18.2 Å². The molecule has 2 aromatic rings. The van der Waals surface area contributed by atoms with Crippen molar-refractivity contribution in [3.63, 3.8) is 0 Å². The Labute approximate surface area is 135 Å². The highest BCUT2D eigenvalue weighted by Crippen LogP contribution is 2.29. The molecule has 2 rings (SSSR count). The third-order valence-corrected chi connectivity index (χ3v) is 3.21. The van der Waals surface area contributed by atoms with E-state index in [1.807, 2.05) is 6.92 Å². The zero-order chi connectivity index (χ0) is 17.7. The first-order valence-corrected chi connectivity index (χ1v) is 6.93. The third kappa shape index (κ3) is 3.88. The third-order valence-electron chi connectivity index (χ3n) is 3.21. The number of nitro groups is 2. The molecule has 0 amide bonds. The van der Waals surface area contributed by atoms with Crippen molar-refractivity contribution >= 4 is 22.8 Å². The number of rotatable bonds is 6. The van der Waals surface area contributed by atoms with Gasteiger partial charge in [0.2, 0.25) is 0 Å². The Bertz CT molecular complexity index is 806. The molecule has 8 nitrogen and oxygen atoms in total. The lowest BCUT2D eigenvalue weighted by Gasteiger charge is -2.06. The van der Waals surface area contributed by atoms with Crippen molar-refractivity contribution < 1.29 is 14.2 Å². The molecule has 2 aromatic carbocycles. The Morgan fingerprint density at radius 1 is 1.12 bits per heavy atom. The van der Waals surface area contributed by atoms with E-state index in [1.54, 1.807) is 12.1 Å². The number of anilines is 1. The molecule has 0 saturated heterocycles. The topological polar surface area (TPSA) is 111 Å². The minimum absolute atomic E-state index is 0.0265. The summed E-state index contributed by atoms with van der Waals surface area (Å²) in [5.41, 5.74) is 2.96. The smallest absolute Gasteiger partial charge is 0.271 e. The van der Waals surface area contributed by atoms with Gasteiger partial charge in [-0.05, 0) is 30.2 Å². The fraction of sp³-hybridized carbons (Fsp3) is 0.133. The van der Waals surface area contributed by atoms with Crippen LogP contribution in [-0.4, -0.2) is 15.6 Å². The Morgan fingerprint density at radius 2 is 1.79 bits per heavy atom. The van der Waals surface area contributed by atoms with E-state index in [9.17, 15) is 24.6 Å². The summed E-state index contributed by atoms with van der Waals surface area (Å²) < 4.78 is 13.0. The maximum Gasteiger partial charge on any atom is 0.301 e. The van der Waals surface area contributed by atoms with Crippen molar-refractivity contribution in [3.05, 3.63) is 74.1 Å². The summed E-state index contributed by atoms with van der Waals surface area (Å²) >= 11 is 0. The van der Waals surface area contributed by atoms with Crippen molar-refractivity contribution in [1.82, 2.24) is 0 Å². The Balaban J connectivity index is 2.33. The zero-order valence-corrected chi connectivity index (χ0v) is 12.6. The van der Waals surface area contributed by atoms with E-state index in [-0.39, 0.29) is 17.2 Å². The highest BCUT2D eigenvalue weighted by molar-refractivity contribution is 6.00. The fourth-order valence-corrected chi connectivity index (χ4v) is 2.00. The van der Waals surface area contributed by atoms with Gasteiger partial charge >= 0.3 is 5.69 Å². The maximum atomic E-state index is 13.0. The van der Waals surface area contributed by atoms with Gasteiger partial charge < -0.3 is 0 Å². The first-order valence-electron chi connectivity index (χ1n) is 6.93. The van der Waals surface area contributed by atoms with Gasteiger partial charge in [0.15, 0.2) is 0 Å². The monoisotopic (exact) mass is 332 g/mol. The predicted molar refractivity (Wildman–Crippen MR) is 86.6 cm³/mol. The number of hydrogen-bond acceptors (Lipinski definition) is 6. The molecule has 0 heterocycles. The average Bonchev–Trinajstić information content (AvgIpc) is 2.56. The summed E-state index contributed by atoms with van der Waals surface area (Å²) in [6, 6.07) is 8.89. The SMILES string of the molecule is CC/C(=N\Nc1ccc([N+](=O)[O-])cc1[N+](=O)[O-])c1ccc(F)cc1. The fourth-order valence-electron chi connectivity index (χ4n) is 2.00. The van der Waals surface area contributed by atoms with Crippen LogP contribution in [0.5, 0.6) is 0 Å². The molecule has 0 bridgehead atoms. The maximum absolute atomic E-state index is 13.0. The van der Waals surface area contributed by atoms with Crippen molar-refractivity contribution in [2.24, 2.45) is 5.10 Å². The van der Waals surface area contributed by atoms with Crippen LogP contribution in [0.4, 0.5) is 21.5 Å². The van der Waals surface area contributed by atoms with Crippen molar-refractivity contribution in [1.29, 1.82) is 0 Å². The highest BCUT2D eigenvalue weighted by atomic mass is 19.1. The summed E-state index contributed by atoms with van der Waals surface area (Å²) in [6.07, 6.45) is 0.499. The van der Waals surface area contributed by atoms with E-state index in [4.69, 9.17) is 0 Å². The molecule has 0 saturated carbocycles. The first kappa shape index (κ1) is 17.0. The van der Waals surface area contributed by atoms with Crippen molar-refractivity contribution in [2.45, 2.75) is 13.3 Å². The number of nitro benzene ring substituents is 2. The summed E-state index contributed by atoms with van der Waals surface area (Å²) in [7, 11) is 0. The van der Waals surface area contributed by atoms with E-state index in [0.29, 0.717) is 17.7 Å². The summed E-state index contributed by atoms with van der Waals surface area (Å²) in [5.74, 6) is -0.381. The van der Waals surface area contributed by atoms with Crippen molar-refractivity contribution in [2.75, 3.05) is 5.43 Å². The molecule has 0 aliphatic carbocycles. The lowest BCUT2D eigenvalue weighted by atomic mass is 10.1. The molecule has 0 radical (unpaired) electrons. The van der Waals surface area contributed by atoms with Gasteiger partial charge in [0.05, 0.1) is 21.6 Å². The Hall–Kier alpha value is -3.36. The lowest BCUT2D eigenvalue weighted by Crippen LogP contribution is -2.05. The molecule has 9 heteroatoms. The second-order valence-electron chi connectivity index (χ2n) is 4.75. The van der Waals surface area contributed by atoms with Crippen LogP contribution in [0.15, 0.2) is 47.6 Å². The number of hydrazone groups is 1. The lowest BCUT2D eigenvalue weighted by molar-refractivity contribution is -0.393. The quantitative estimate of drug-likeness (QED) is 0.490. The number of non-ortho nitro benzene ring substituents is 1. The van der Waals surface area contributed by atoms with E-state index in [2.05, 4.69) is 10.5 Å². The molecule has 0 aliphatic heterocycles. The van der Waals surface area contributed by atoms with Crippen LogP contribution in [0.3, 0.4) is 0 Å². The molecular formula is C15H13FN4O4. The summed E-state index contributed by atoms with van der Waals surface area (Å²) in [6.45, 7) is 1.83. The Kier molecular flexibility index (Phi) is 5.15. The van der Waals surface area contributed by atoms with Crippen LogP contribution in [0, 0.1) is 26.0 Å². The second kappa shape index (κ2) is 7.27. The largest absolute Gasteiger partial charge is 0.301 e. The number of nitrogens with zero attached hydrogens (tertiary/aromatic N) is 3. The molecule has 0 spiro atoms. The van der Waals surface area contributed by atoms with Crippen molar-refractivity contribution in [3.8, 4) is 0 Å². The molecule has 24 heavy (non-hydrogen) atoms. The molecule has 0 atom stereocenters. The number of nitrogens with one attached hydrogen (secondary N) is 1. The van der Waals surface area contributed by atoms with Gasteiger partial charge in [-0.15, -0.1) is 0 Å². The van der Waals surface area contributed by atoms with Gasteiger partial charge in [0.1, 0.15) is 11.5 Å². The first-order chi connectivity index (χ1) is 11.4. The standard InChI is InChI=1S/C15H13FN4O4/c1-2-13(10-3-5-11(16)6-4-10)17-18-14-8-7-12(19(21)22)9-15(14)20(23)24/h3-9,18H,2H2,1H3/b17-13+. The van der Waals surface area contributed by atoms with Crippen LogP contribution in [-0.2, 0) is 0 Å². The molecule has 124 valence electrons. The van der Waals surface area contributed by atoms with Crippen LogP contribution in [0.1, 0.15) is 18.9 Å². The molecule has 0 aromatic heterocycles. The van der Waals surface area contributed by atoms with E-state index in [0.717, 1.165) is 12.1 Å². The van der Waals surface area contributed by atoms with Crippen LogP contribution < -0.4 is 5.43 Å². The van der Waals surface area contributed by atoms with Crippen LogP contribution in [0.25, 0.3) is 0 Å². The minimum atomic E-state index is -0.728. The highest BCUT2D eigenvalue weighted by Gasteiger charge is 2.19. The van der Waals surface area contributed by atoms with Crippen LogP contribution in [0.2, 0.25) is 0 Å². The van der Waals surface area contributed by atoms with E-state index < -0.39 is 15.5 Å². The molecular weight excluding hydrogens is 319 g/mol. The van der Waals surface area contributed by atoms with Gasteiger partial charge in [-0.2, -0.15) is 5.10 Å². The Morgan fingerprint density at radius 3 is 2.33 bits per heavy atom. The summed E-state index contributed by atoms with van der Waals surface area (Å²) in [5, 5.41) is 25.9. The molecule has 0 unspecified atom stereocenters. The van der Waals surface area contributed by atoms with Gasteiger partial charge in [-0.1, -0.05) is 19.1 Å². The molecule has 0 aliphatic rings. The number of hydrogen-bond donors (Lipinski definition) is 1. The number of benzene rings is 2. The molecule has 0 fully saturated rings.